The predicted octanol–water partition coefficient (Wildman–Crippen LogP) is 3.65. The number of carbonyl (C=O) groups is 1. The zero-order valence-electron chi connectivity index (χ0n) is 19.1. The van der Waals surface area contributed by atoms with Crippen molar-refractivity contribution in [1.29, 1.82) is 0 Å². The lowest BCUT2D eigenvalue weighted by molar-refractivity contribution is -0.121. The number of benzene rings is 1. The molecule has 0 aromatic heterocycles. The zero-order chi connectivity index (χ0) is 21.1. The van der Waals surface area contributed by atoms with Crippen LogP contribution in [0.4, 0.5) is 0 Å². The van der Waals surface area contributed by atoms with Crippen molar-refractivity contribution in [2.45, 2.75) is 72.0 Å². The summed E-state index contributed by atoms with van der Waals surface area (Å²) in [6, 6.07) is 8.75. The van der Waals surface area contributed by atoms with Crippen LogP contribution in [0.3, 0.4) is 0 Å². The molecule has 0 atom stereocenters. The fraction of sp³-hybridized carbons (Fsp3) is 0.652. The van der Waals surface area contributed by atoms with Gasteiger partial charge in [-0.05, 0) is 64.8 Å². The van der Waals surface area contributed by atoms with Crippen LogP contribution in [0.25, 0.3) is 0 Å². The Hall–Kier alpha value is -1.35. The van der Waals surface area contributed by atoms with Crippen LogP contribution < -0.4 is 16.0 Å². The molecule has 30 heavy (non-hydrogen) atoms. The fourth-order valence-corrected chi connectivity index (χ4v) is 3.44. The molecule has 0 unspecified atom stereocenters. The van der Waals surface area contributed by atoms with Gasteiger partial charge in [-0.1, -0.05) is 37.1 Å². The van der Waals surface area contributed by atoms with E-state index in [2.05, 4.69) is 50.1 Å². The molecular weight excluding hydrogens is 489 g/mol. The van der Waals surface area contributed by atoms with Gasteiger partial charge in [0.25, 0.3) is 0 Å². The van der Waals surface area contributed by atoms with Crippen molar-refractivity contribution in [1.82, 2.24) is 20.9 Å². The van der Waals surface area contributed by atoms with Crippen LogP contribution in [0.15, 0.2) is 29.3 Å². The Bertz CT molecular complexity index is 647. The molecule has 1 aromatic rings. The van der Waals surface area contributed by atoms with Crippen molar-refractivity contribution in [2.75, 3.05) is 26.2 Å². The number of nitrogens with one attached hydrogen (secondary N) is 3. The number of amides is 1. The Labute approximate surface area is 199 Å². The van der Waals surface area contributed by atoms with Gasteiger partial charge in [0.2, 0.25) is 5.91 Å². The molecule has 0 radical (unpaired) electrons. The predicted molar refractivity (Wildman–Crippen MR) is 136 cm³/mol. The van der Waals surface area contributed by atoms with Crippen LogP contribution in [-0.2, 0) is 17.9 Å². The smallest absolute Gasteiger partial charge is 0.239 e. The minimum Gasteiger partial charge on any atom is -0.357 e. The van der Waals surface area contributed by atoms with Gasteiger partial charge in [-0.2, -0.15) is 0 Å². The maximum atomic E-state index is 12.0. The number of rotatable bonds is 7. The summed E-state index contributed by atoms with van der Waals surface area (Å²) >= 11 is 0. The van der Waals surface area contributed by atoms with Crippen molar-refractivity contribution < 1.29 is 4.79 Å². The SMILES string of the molecule is CCNC(=NCc1ccc(CN2CCCCCC2)cc1)NCC(=O)NC(C)(C)C.I. The molecule has 7 heteroatoms. The Morgan fingerprint density at radius 1 is 1.00 bits per heavy atom. The first-order chi connectivity index (χ1) is 13.9. The lowest BCUT2D eigenvalue weighted by Crippen LogP contribution is -2.48. The molecule has 1 saturated heterocycles. The van der Waals surface area contributed by atoms with Gasteiger partial charge in [0.05, 0.1) is 13.1 Å². The number of hydrogen-bond donors (Lipinski definition) is 3. The topological polar surface area (TPSA) is 68.8 Å². The van der Waals surface area contributed by atoms with Gasteiger partial charge >= 0.3 is 0 Å². The molecule has 2 rings (SSSR count). The monoisotopic (exact) mass is 529 g/mol. The van der Waals surface area contributed by atoms with E-state index in [1.807, 2.05) is 27.7 Å². The average Bonchev–Trinajstić information content (AvgIpc) is 2.92. The summed E-state index contributed by atoms with van der Waals surface area (Å²) in [5.74, 6) is 0.617. The van der Waals surface area contributed by atoms with Crippen LogP contribution >= 0.6 is 24.0 Å². The summed E-state index contributed by atoms with van der Waals surface area (Å²) in [5.41, 5.74) is 2.30. The second-order valence-corrected chi connectivity index (χ2v) is 8.85. The van der Waals surface area contributed by atoms with E-state index >= 15 is 0 Å². The first kappa shape index (κ1) is 26.7. The lowest BCUT2D eigenvalue weighted by Gasteiger charge is -2.21. The molecule has 1 heterocycles. The fourth-order valence-electron chi connectivity index (χ4n) is 3.44. The van der Waals surface area contributed by atoms with Crippen LogP contribution in [0.1, 0.15) is 64.5 Å². The van der Waals surface area contributed by atoms with Crippen molar-refractivity contribution in [3.8, 4) is 0 Å². The van der Waals surface area contributed by atoms with Gasteiger partial charge in [-0.15, -0.1) is 24.0 Å². The van der Waals surface area contributed by atoms with Gasteiger partial charge < -0.3 is 16.0 Å². The Kier molecular flexibility index (Phi) is 12.3. The Balaban J connectivity index is 0.00000450. The van der Waals surface area contributed by atoms with E-state index in [1.165, 1.54) is 49.9 Å². The van der Waals surface area contributed by atoms with E-state index in [-0.39, 0.29) is 42.0 Å². The maximum absolute atomic E-state index is 12.0. The van der Waals surface area contributed by atoms with Crippen molar-refractivity contribution in [3.63, 3.8) is 0 Å². The molecule has 6 nitrogen and oxygen atoms in total. The van der Waals surface area contributed by atoms with Crippen LogP contribution in [0.2, 0.25) is 0 Å². The minimum atomic E-state index is -0.233. The number of nitrogens with zero attached hydrogens (tertiary/aromatic N) is 2. The molecule has 1 aliphatic heterocycles. The van der Waals surface area contributed by atoms with Crippen LogP contribution in [0, 0.1) is 0 Å². The summed E-state index contributed by atoms with van der Waals surface area (Å²) in [4.78, 5) is 19.2. The highest BCUT2D eigenvalue weighted by atomic mass is 127. The highest BCUT2D eigenvalue weighted by molar-refractivity contribution is 14.0. The second kappa shape index (κ2) is 13.9. The average molecular weight is 530 g/mol. The number of halogens is 1. The molecule has 1 fully saturated rings. The molecule has 0 bridgehead atoms. The van der Waals surface area contributed by atoms with Crippen LogP contribution in [0.5, 0.6) is 0 Å². The quantitative estimate of drug-likeness (QED) is 0.287. The van der Waals surface area contributed by atoms with Gasteiger partial charge in [0.1, 0.15) is 0 Å². The van der Waals surface area contributed by atoms with Gasteiger partial charge in [-0.3, -0.25) is 9.69 Å². The standard InChI is InChI=1S/C23H39N5O.HI/c1-5-24-22(26-17-21(29)27-23(2,3)4)25-16-19-10-12-20(13-11-19)18-28-14-8-6-7-9-15-28;/h10-13H,5-9,14-18H2,1-4H3,(H,27,29)(H2,24,25,26);1H. The maximum Gasteiger partial charge on any atom is 0.239 e. The van der Waals surface area contributed by atoms with E-state index in [0.717, 1.165) is 13.1 Å². The normalized spacial score (nSPS) is 15.7. The first-order valence-electron chi connectivity index (χ1n) is 11.0. The van der Waals surface area contributed by atoms with E-state index in [1.54, 1.807) is 0 Å². The van der Waals surface area contributed by atoms with Gasteiger partial charge in [0, 0.05) is 18.6 Å². The summed E-state index contributed by atoms with van der Waals surface area (Å²) in [6.45, 7) is 12.9. The molecule has 1 aliphatic rings. The molecule has 170 valence electrons. The van der Waals surface area contributed by atoms with E-state index in [4.69, 9.17) is 0 Å². The molecule has 3 N–H and O–H groups in total. The summed E-state index contributed by atoms with van der Waals surface area (Å²) in [6.07, 6.45) is 5.38. The molecule has 0 saturated carbocycles. The third-order valence-electron chi connectivity index (χ3n) is 4.82. The lowest BCUT2D eigenvalue weighted by atomic mass is 10.1. The molecule has 0 spiro atoms. The summed E-state index contributed by atoms with van der Waals surface area (Å²) < 4.78 is 0. The number of carbonyl (C=O) groups excluding carboxylic acids is 1. The van der Waals surface area contributed by atoms with Crippen molar-refractivity contribution >= 4 is 35.8 Å². The molecular formula is C23H40IN5O. The molecule has 1 amide bonds. The number of guanidine groups is 1. The van der Waals surface area contributed by atoms with Gasteiger partial charge in [0.15, 0.2) is 5.96 Å². The van der Waals surface area contributed by atoms with E-state index in [9.17, 15) is 4.79 Å². The summed E-state index contributed by atoms with van der Waals surface area (Å²) in [7, 11) is 0. The number of aliphatic imine (C=N–C) groups is 1. The van der Waals surface area contributed by atoms with Crippen LogP contribution in [-0.4, -0.2) is 48.5 Å². The number of likely N-dealkylation sites (tertiary alicyclic amines) is 1. The first-order valence-corrected chi connectivity index (χ1v) is 11.0. The zero-order valence-corrected chi connectivity index (χ0v) is 21.4. The Morgan fingerprint density at radius 3 is 2.17 bits per heavy atom. The highest BCUT2D eigenvalue weighted by Gasteiger charge is 2.13. The van der Waals surface area contributed by atoms with E-state index < -0.39 is 0 Å². The summed E-state index contributed by atoms with van der Waals surface area (Å²) in [5, 5.41) is 9.25. The van der Waals surface area contributed by atoms with Gasteiger partial charge in [-0.25, -0.2) is 4.99 Å². The van der Waals surface area contributed by atoms with Crippen molar-refractivity contribution in [2.24, 2.45) is 4.99 Å². The minimum absolute atomic E-state index is 0. The molecule has 1 aromatic carbocycles. The molecule has 0 aliphatic carbocycles. The highest BCUT2D eigenvalue weighted by Crippen LogP contribution is 2.14. The third-order valence-corrected chi connectivity index (χ3v) is 4.82. The second-order valence-electron chi connectivity index (χ2n) is 8.85. The van der Waals surface area contributed by atoms with E-state index in [0.29, 0.717) is 12.5 Å². The number of hydrogen-bond acceptors (Lipinski definition) is 3. The van der Waals surface area contributed by atoms with Crippen molar-refractivity contribution in [3.05, 3.63) is 35.4 Å². The third kappa shape index (κ3) is 11.2. The largest absolute Gasteiger partial charge is 0.357 e. The Morgan fingerprint density at radius 2 is 1.60 bits per heavy atom.